The fourth-order valence-electron chi connectivity index (χ4n) is 4.88. The van der Waals surface area contributed by atoms with E-state index in [-0.39, 0.29) is 6.42 Å². The van der Waals surface area contributed by atoms with Crippen LogP contribution in [-0.2, 0) is 14.9 Å². The second kappa shape index (κ2) is 24.6. The van der Waals surface area contributed by atoms with Gasteiger partial charge < -0.3 is 15.5 Å². The lowest BCUT2D eigenvalue weighted by Crippen LogP contribution is -2.50. The molecule has 0 aromatic heterocycles. The van der Waals surface area contributed by atoms with Crippen LogP contribution in [0.1, 0.15) is 150 Å². The van der Waals surface area contributed by atoms with Crippen molar-refractivity contribution >= 4 is 16.0 Å². The first kappa shape index (κ1) is 39.0. The number of nitrogens with one attached hydrogen (secondary N) is 1. The third-order valence-electron chi connectivity index (χ3n) is 7.43. The summed E-state index contributed by atoms with van der Waals surface area (Å²) in [5.74, 6) is 0.00622. The van der Waals surface area contributed by atoms with Crippen LogP contribution >= 0.6 is 0 Å². The Bertz CT molecular complexity index is 738. The van der Waals surface area contributed by atoms with Crippen LogP contribution in [0.5, 0.6) is 0 Å². The van der Waals surface area contributed by atoms with Gasteiger partial charge in [-0.05, 0) is 31.1 Å². The Morgan fingerprint density at radius 1 is 0.675 bits per heavy atom. The van der Waals surface area contributed by atoms with E-state index in [0.717, 1.165) is 50.4 Å². The van der Waals surface area contributed by atoms with Crippen molar-refractivity contribution in [3.8, 4) is 0 Å². The van der Waals surface area contributed by atoms with Gasteiger partial charge in [0.15, 0.2) is 0 Å². The predicted molar refractivity (Wildman–Crippen MR) is 167 cm³/mol. The maximum Gasteiger partial charge on any atom is 0.267 e. The molecule has 0 aliphatic heterocycles. The SMILES string of the molecule is CC(C)CCCCCCCCC/C=C/C(O)[C@@H](CS(=O)(=O)O)NC(=O)C(O)CCCCCCCCCCC(C)C. The van der Waals surface area contributed by atoms with Crippen LogP contribution in [0.15, 0.2) is 12.2 Å². The van der Waals surface area contributed by atoms with Crippen LogP contribution in [0.3, 0.4) is 0 Å². The largest absolute Gasteiger partial charge is 0.387 e. The molecule has 2 unspecified atom stereocenters. The summed E-state index contributed by atoms with van der Waals surface area (Å²) in [7, 11) is -4.43. The summed E-state index contributed by atoms with van der Waals surface area (Å²) in [6, 6.07) is -1.23. The van der Waals surface area contributed by atoms with E-state index in [2.05, 4.69) is 33.0 Å². The molecule has 40 heavy (non-hydrogen) atoms. The molecule has 0 aliphatic carbocycles. The zero-order valence-corrected chi connectivity index (χ0v) is 27.0. The molecule has 0 aromatic carbocycles. The van der Waals surface area contributed by atoms with E-state index < -0.39 is 40.0 Å². The number of unbranched alkanes of at least 4 members (excludes halogenated alkanes) is 14. The molecule has 8 heteroatoms. The highest BCUT2D eigenvalue weighted by Crippen LogP contribution is 2.15. The van der Waals surface area contributed by atoms with E-state index in [9.17, 15) is 28.0 Å². The van der Waals surface area contributed by atoms with Gasteiger partial charge >= 0.3 is 0 Å². The second-order valence-electron chi connectivity index (χ2n) is 12.5. The first-order chi connectivity index (χ1) is 18.9. The van der Waals surface area contributed by atoms with Crippen molar-refractivity contribution in [2.75, 3.05) is 5.75 Å². The molecule has 7 nitrogen and oxygen atoms in total. The Labute approximate surface area is 246 Å². The molecule has 0 radical (unpaired) electrons. The molecule has 0 fully saturated rings. The molecule has 3 atom stereocenters. The van der Waals surface area contributed by atoms with E-state index >= 15 is 0 Å². The zero-order chi connectivity index (χ0) is 30.2. The molecule has 0 saturated carbocycles. The molecule has 0 rings (SSSR count). The van der Waals surface area contributed by atoms with Crippen molar-refractivity contribution in [3.63, 3.8) is 0 Å². The van der Waals surface area contributed by atoms with E-state index in [1.807, 2.05) is 0 Å². The highest BCUT2D eigenvalue weighted by molar-refractivity contribution is 7.85. The third-order valence-corrected chi connectivity index (χ3v) is 8.21. The normalized spacial score (nSPS) is 14.7. The van der Waals surface area contributed by atoms with Gasteiger partial charge in [-0.25, -0.2) is 0 Å². The molecule has 0 heterocycles. The number of hydrogen-bond donors (Lipinski definition) is 4. The highest BCUT2D eigenvalue weighted by atomic mass is 32.2. The van der Waals surface area contributed by atoms with E-state index in [0.29, 0.717) is 6.42 Å². The molecule has 238 valence electrons. The van der Waals surface area contributed by atoms with Gasteiger partial charge in [0.05, 0.1) is 17.9 Å². The van der Waals surface area contributed by atoms with Crippen LogP contribution in [0.2, 0.25) is 0 Å². The van der Waals surface area contributed by atoms with Crippen LogP contribution in [0.25, 0.3) is 0 Å². The Morgan fingerprint density at radius 2 is 1.07 bits per heavy atom. The minimum atomic E-state index is -4.43. The number of aliphatic hydroxyl groups excluding tert-OH is 2. The minimum absolute atomic E-state index is 0.280. The monoisotopic (exact) mass is 589 g/mol. The Hall–Kier alpha value is -0.960. The smallest absolute Gasteiger partial charge is 0.267 e. The van der Waals surface area contributed by atoms with Gasteiger partial charge in [0.25, 0.3) is 10.1 Å². The average Bonchev–Trinajstić information content (AvgIpc) is 2.86. The molecule has 1 amide bonds. The lowest BCUT2D eigenvalue weighted by atomic mass is 10.0. The van der Waals surface area contributed by atoms with E-state index in [1.54, 1.807) is 6.08 Å². The summed E-state index contributed by atoms with van der Waals surface area (Å²) < 4.78 is 32.2. The van der Waals surface area contributed by atoms with Crippen LogP contribution < -0.4 is 5.32 Å². The quantitative estimate of drug-likeness (QED) is 0.0451. The number of carbonyl (C=O) groups is 1. The first-order valence-electron chi connectivity index (χ1n) is 16.2. The molecular formula is C32H63NO6S. The van der Waals surface area contributed by atoms with Gasteiger partial charge in [-0.15, -0.1) is 0 Å². The average molecular weight is 590 g/mol. The first-order valence-corrected chi connectivity index (χ1v) is 17.8. The number of rotatable bonds is 27. The predicted octanol–water partition coefficient (Wildman–Crippen LogP) is 7.36. The number of carbonyl (C=O) groups excluding carboxylic acids is 1. The van der Waals surface area contributed by atoms with Gasteiger partial charge in [-0.1, -0.05) is 143 Å². The maximum atomic E-state index is 12.5. The molecule has 0 spiro atoms. The number of allylic oxidation sites excluding steroid dienone is 1. The Balaban J connectivity index is 4.24. The van der Waals surface area contributed by atoms with Gasteiger partial charge in [-0.3, -0.25) is 9.35 Å². The van der Waals surface area contributed by atoms with E-state index in [4.69, 9.17) is 0 Å². The van der Waals surface area contributed by atoms with Crippen molar-refractivity contribution in [1.82, 2.24) is 5.32 Å². The van der Waals surface area contributed by atoms with E-state index in [1.165, 1.54) is 76.7 Å². The number of aliphatic hydroxyl groups is 2. The fourth-order valence-corrected chi connectivity index (χ4v) is 5.62. The molecule has 0 bridgehead atoms. The van der Waals surface area contributed by atoms with Gasteiger partial charge in [-0.2, -0.15) is 8.42 Å². The van der Waals surface area contributed by atoms with Crippen molar-refractivity contribution < 1.29 is 28.0 Å². The molecule has 4 N–H and O–H groups in total. The van der Waals surface area contributed by atoms with Crippen LogP contribution in [0, 0.1) is 11.8 Å². The summed E-state index contributed by atoms with van der Waals surface area (Å²) in [4.78, 5) is 12.5. The van der Waals surface area contributed by atoms with Crippen molar-refractivity contribution in [1.29, 1.82) is 0 Å². The lowest BCUT2D eigenvalue weighted by molar-refractivity contribution is -0.130. The van der Waals surface area contributed by atoms with Crippen LogP contribution in [0.4, 0.5) is 0 Å². The van der Waals surface area contributed by atoms with Crippen molar-refractivity contribution in [2.45, 2.75) is 168 Å². The zero-order valence-electron chi connectivity index (χ0n) is 26.2. The summed E-state index contributed by atoms with van der Waals surface area (Å²) in [5.41, 5.74) is 0. The Kier molecular flexibility index (Phi) is 24.0. The summed E-state index contributed by atoms with van der Waals surface area (Å²) >= 11 is 0. The summed E-state index contributed by atoms with van der Waals surface area (Å²) in [6.45, 7) is 9.02. The van der Waals surface area contributed by atoms with Crippen molar-refractivity contribution in [2.24, 2.45) is 11.8 Å². The minimum Gasteiger partial charge on any atom is -0.387 e. The van der Waals surface area contributed by atoms with Gasteiger partial charge in [0.1, 0.15) is 6.10 Å². The van der Waals surface area contributed by atoms with Crippen molar-refractivity contribution in [3.05, 3.63) is 12.2 Å². The molecule has 0 saturated heterocycles. The second-order valence-corrected chi connectivity index (χ2v) is 14.0. The maximum absolute atomic E-state index is 12.5. The number of hydrogen-bond acceptors (Lipinski definition) is 5. The third kappa shape index (κ3) is 26.0. The summed E-state index contributed by atoms with van der Waals surface area (Å²) in [5, 5.41) is 23.2. The van der Waals surface area contributed by atoms with Gasteiger partial charge in [0.2, 0.25) is 5.91 Å². The number of amides is 1. The fraction of sp³-hybridized carbons (Fsp3) is 0.906. The lowest BCUT2D eigenvalue weighted by Gasteiger charge is -2.22. The summed E-state index contributed by atoms with van der Waals surface area (Å²) in [6.07, 6.45) is 21.5. The molecule has 0 aromatic rings. The molecule has 0 aliphatic rings. The van der Waals surface area contributed by atoms with Crippen LogP contribution in [-0.4, -0.2) is 53.1 Å². The standard InChI is InChI=1S/C32H63NO6S/c1-27(2)22-18-14-10-6-5-7-12-16-20-24-30(34)29(26-40(37,38)39)33-32(36)31(35)25-21-17-13-9-8-11-15-19-23-28(3)4/h20,24,27-31,34-35H,5-19,21-23,25-26H2,1-4H3,(H,33,36)(H,37,38,39)/b24-20+/t29-,30?,31?/m1/s1. The highest BCUT2D eigenvalue weighted by Gasteiger charge is 2.27. The topological polar surface area (TPSA) is 124 Å². The van der Waals surface area contributed by atoms with Gasteiger partial charge in [0, 0.05) is 0 Å². The molecular weight excluding hydrogens is 526 g/mol. The Morgan fingerprint density at radius 3 is 1.50 bits per heavy atom.